The molecule has 0 spiro atoms. The molecule has 8 heteroatoms. The maximum atomic E-state index is 12.0. The van der Waals surface area contributed by atoms with E-state index in [2.05, 4.69) is 31.0 Å². The smallest absolute Gasteiger partial charge is 0.387 e. The molecular weight excluding hydrogens is 314 g/mol. The lowest BCUT2D eigenvalue weighted by Gasteiger charge is -2.21. The van der Waals surface area contributed by atoms with Crippen LogP contribution in [0.3, 0.4) is 0 Å². The van der Waals surface area contributed by atoms with Crippen molar-refractivity contribution in [3.63, 3.8) is 0 Å². The van der Waals surface area contributed by atoms with Crippen molar-refractivity contribution in [2.75, 3.05) is 18.5 Å². The van der Waals surface area contributed by atoms with E-state index in [9.17, 15) is 13.9 Å². The molecule has 0 aliphatic rings. The number of nitrogens with one attached hydrogen (secondary N) is 1. The fourth-order valence-corrected chi connectivity index (χ4v) is 1.52. The molecule has 0 aromatic carbocycles. The number of rotatable bonds is 6. The van der Waals surface area contributed by atoms with E-state index in [1.54, 1.807) is 0 Å². The summed E-state index contributed by atoms with van der Waals surface area (Å²) in [7, 11) is 0. The predicted molar refractivity (Wildman–Crippen MR) is 64.8 cm³/mol. The Morgan fingerprint density at radius 1 is 1.61 bits per heavy atom. The first-order chi connectivity index (χ1) is 8.34. The molecule has 0 bridgehead atoms. The molecule has 0 amide bonds. The number of ether oxygens (including phenoxy) is 1. The molecule has 0 saturated heterocycles. The molecule has 0 aliphatic heterocycles. The molecule has 102 valence electrons. The van der Waals surface area contributed by atoms with E-state index < -0.39 is 18.8 Å². The Bertz CT molecular complexity index is 405. The Hall–Kier alpha value is -0.990. The number of hydrogen-bond donors (Lipinski definition) is 3. The van der Waals surface area contributed by atoms with Crippen LogP contribution in [0, 0.1) is 0 Å². The standard InChI is InChI=1S/C10H13BrF2N2O3/c1-10(17,5-16)4-15-8-7(11)2-6(3-14-8)18-9(12)13/h2-3,9,16-17H,4-5H2,1H3,(H,14,15). The van der Waals surface area contributed by atoms with Crippen molar-refractivity contribution in [2.24, 2.45) is 0 Å². The highest BCUT2D eigenvalue weighted by Crippen LogP contribution is 2.25. The van der Waals surface area contributed by atoms with E-state index in [1.165, 1.54) is 13.0 Å². The van der Waals surface area contributed by atoms with Crippen LogP contribution in [0.25, 0.3) is 0 Å². The average molecular weight is 327 g/mol. The van der Waals surface area contributed by atoms with Crippen LogP contribution in [0.5, 0.6) is 5.75 Å². The van der Waals surface area contributed by atoms with Gasteiger partial charge in [0, 0.05) is 6.54 Å². The van der Waals surface area contributed by atoms with Crippen LogP contribution in [0.1, 0.15) is 6.92 Å². The molecule has 1 atom stereocenters. The summed E-state index contributed by atoms with van der Waals surface area (Å²) in [4.78, 5) is 3.86. The van der Waals surface area contributed by atoms with Gasteiger partial charge in [0.25, 0.3) is 0 Å². The monoisotopic (exact) mass is 326 g/mol. The van der Waals surface area contributed by atoms with Gasteiger partial charge in [-0.1, -0.05) is 0 Å². The first-order valence-corrected chi connectivity index (χ1v) is 5.81. The van der Waals surface area contributed by atoms with Crippen molar-refractivity contribution in [3.8, 4) is 5.75 Å². The zero-order chi connectivity index (χ0) is 13.8. The zero-order valence-corrected chi connectivity index (χ0v) is 11.1. The average Bonchev–Trinajstić information content (AvgIpc) is 2.27. The highest BCUT2D eigenvalue weighted by Gasteiger charge is 2.19. The Balaban J connectivity index is 2.68. The molecule has 1 aromatic heterocycles. The second-order valence-electron chi connectivity index (χ2n) is 3.89. The molecule has 1 aromatic rings. The van der Waals surface area contributed by atoms with Gasteiger partial charge in [0.15, 0.2) is 0 Å². The number of aliphatic hydroxyl groups excluding tert-OH is 1. The molecule has 5 nitrogen and oxygen atoms in total. The van der Waals surface area contributed by atoms with Crippen molar-refractivity contribution in [2.45, 2.75) is 19.1 Å². The fourth-order valence-electron chi connectivity index (χ4n) is 1.05. The lowest BCUT2D eigenvalue weighted by molar-refractivity contribution is -0.0501. The van der Waals surface area contributed by atoms with Gasteiger partial charge in [-0.2, -0.15) is 8.78 Å². The summed E-state index contributed by atoms with van der Waals surface area (Å²) < 4.78 is 28.5. The van der Waals surface area contributed by atoms with Crippen molar-refractivity contribution in [1.29, 1.82) is 0 Å². The van der Waals surface area contributed by atoms with Gasteiger partial charge in [0.05, 0.1) is 17.3 Å². The van der Waals surface area contributed by atoms with E-state index in [0.717, 1.165) is 6.20 Å². The molecule has 0 fully saturated rings. The number of nitrogens with zero attached hydrogens (tertiary/aromatic N) is 1. The topological polar surface area (TPSA) is 74.6 Å². The van der Waals surface area contributed by atoms with Gasteiger partial charge >= 0.3 is 6.61 Å². The Kier molecular flexibility index (Phi) is 5.24. The molecule has 1 rings (SSSR count). The Morgan fingerprint density at radius 3 is 2.78 bits per heavy atom. The second kappa shape index (κ2) is 6.26. The van der Waals surface area contributed by atoms with Crippen molar-refractivity contribution < 1.29 is 23.7 Å². The molecular formula is C10H13BrF2N2O3. The van der Waals surface area contributed by atoms with Crippen LogP contribution in [-0.4, -0.2) is 40.6 Å². The van der Waals surface area contributed by atoms with Gasteiger partial charge in [0.2, 0.25) is 0 Å². The van der Waals surface area contributed by atoms with E-state index in [-0.39, 0.29) is 12.3 Å². The highest BCUT2D eigenvalue weighted by molar-refractivity contribution is 9.10. The van der Waals surface area contributed by atoms with Gasteiger partial charge < -0.3 is 20.3 Å². The van der Waals surface area contributed by atoms with Crippen LogP contribution in [0.2, 0.25) is 0 Å². The minimum atomic E-state index is -2.91. The number of alkyl halides is 2. The van der Waals surface area contributed by atoms with Gasteiger partial charge in [0.1, 0.15) is 17.2 Å². The second-order valence-corrected chi connectivity index (χ2v) is 4.74. The summed E-state index contributed by atoms with van der Waals surface area (Å²) >= 11 is 3.13. The first-order valence-electron chi connectivity index (χ1n) is 5.01. The predicted octanol–water partition coefficient (Wildman–Crippen LogP) is 1.60. The highest BCUT2D eigenvalue weighted by atomic mass is 79.9. The van der Waals surface area contributed by atoms with Gasteiger partial charge in [-0.05, 0) is 28.9 Å². The van der Waals surface area contributed by atoms with Crippen LogP contribution >= 0.6 is 15.9 Å². The van der Waals surface area contributed by atoms with E-state index in [4.69, 9.17) is 5.11 Å². The van der Waals surface area contributed by atoms with Gasteiger partial charge in [-0.25, -0.2) is 4.98 Å². The number of aromatic nitrogens is 1. The van der Waals surface area contributed by atoms with Gasteiger partial charge in [-0.15, -0.1) is 0 Å². The summed E-state index contributed by atoms with van der Waals surface area (Å²) in [6.45, 7) is -1.82. The number of anilines is 1. The molecule has 0 radical (unpaired) electrons. The number of aliphatic hydroxyl groups is 2. The molecule has 1 unspecified atom stereocenters. The lowest BCUT2D eigenvalue weighted by Crippen LogP contribution is -2.37. The number of halogens is 3. The Morgan fingerprint density at radius 2 is 2.28 bits per heavy atom. The molecule has 0 saturated carbocycles. The Labute approximate surface area is 111 Å². The SMILES string of the molecule is CC(O)(CO)CNc1ncc(OC(F)F)cc1Br. The largest absolute Gasteiger partial charge is 0.433 e. The first kappa shape index (κ1) is 15.1. The quantitative estimate of drug-likeness (QED) is 0.740. The van der Waals surface area contributed by atoms with Crippen molar-refractivity contribution in [3.05, 3.63) is 16.7 Å². The van der Waals surface area contributed by atoms with Crippen molar-refractivity contribution in [1.82, 2.24) is 4.98 Å². The van der Waals surface area contributed by atoms with Crippen LogP contribution in [-0.2, 0) is 0 Å². The normalized spacial score (nSPS) is 14.4. The van der Waals surface area contributed by atoms with E-state index in [0.29, 0.717) is 10.3 Å². The van der Waals surface area contributed by atoms with E-state index >= 15 is 0 Å². The number of hydrogen-bond acceptors (Lipinski definition) is 5. The maximum absolute atomic E-state index is 12.0. The van der Waals surface area contributed by atoms with Crippen LogP contribution in [0.4, 0.5) is 14.6 Å². The molecule has 0 aliphatic carbocycles. The summed E-state index contributed by atoms with van der Waals surface area (Å²) in [5.41, 5.74) is -1.29. The summed E-state index contributed by atoms with van der Waals surface area (Å²) in [5.74, 6) is 0.279. The van der Waals surface area contributed by atoms with E-state index in [1.807, 2.05) is 0 Å². The third-order valence-electron chi connectivity index (χ3n) is 2.02. The minimum absolute atomic E-state index is 0.0597. The third kappa shape index (κ3) is 4.71. The molecule has 1 heterocycles. The third-order valence-corrected chi connectivity index (χ3v) is 2.62. The summed E-state index contributed by atoms with van der Waals surface area (Å²) in [6.07, 6.45) is 1.13. The van der Waals surface area contributed by atoms with Gasteiger partial charge in [-0.3, -0.25) is 0 Å². The summed E-state index contributed by atoms with van der Waals surface area (Å²) in [6, 6.07) is 1.33. The molecule has 18 heavy (non-hydrogen) atoms. The zero-order valence-electron chi connectivity index (χ0n) is 9.53. The van der Waals surface area contributed by atoms with Crippen LogP contribution < -0.4 is 10.1 Å². The lowest BCUT2D eigenvalue weighted by atomic mass is 10.1. The minimum Gasteiger partial charge on any atom is -0.433 e. The fraction of sp³-hybridized carbons (Fsp3) is 0.500. The van der Waals surface area contributed by atoms with Crippen molar-refractivity contribution >= 4 is 21.7 Å². The van der Waals surface area contributed by atoms with Crippen LogP contribution in [0.15, 0.2) is 16.7 Å². The maximum Gasteiger partial charge on any atom is 0.387 e. The summed E-state index contributed by atoms with van der Waals surface area (Å²) in [5, 5.41) is 21.2. The molecule has 3 N–H and O–H groups in total. The number of pyridine rings is 1.